The third kappa shape index (κ3) is 2.43. The Morgan fingerprint density at radius 1 is 1.45 bits per heavy atom. The van der Waals surface area contributed by atoms with Crippen molar-refractivity contribution < 1.29 is 0 Å². The van der Waals surface area contributed by atoms with Crippen molar-refractivity contribution in [3.8, 4) is 12.3 Å². The van der Waals surface area contributed by atoms with Gasteiger partial charge in [0.1, 0.15) is 0 Å². The largest absolute Gasteiger partial charge is 0.399 e. The molecule has 0 bridgehead atoms. The zero-order chi connectivity index (χ0) is 8.27. The van der Waals surface area contributed by atoms with Crippen LogP contribution >= 0.6 is 22.6 Å². The number of benzene rings is 1. The molecular formula is C9H8IN. The number of nitrogens with two attached hydrogens (primary N) is 1. The second-order valence-electron chi connectivity index (χ2n) is 2.27. The number of rotatable bonds is 1. The predicted octanol–water partition coefficient (Wildman–Crippen LogP) is 2.05. The Labute approximate surface area is 80.1 Å². The lowest BCUT2D eigenvalue weighted by Gasteiger charge is -1.98. The second kappa shape index (κ2) is 3.63. The smallest absolute Gasteiger partial charge is 0.0338 e. The molecule has 0 spiro atoms. The molecule has 0 aromatic heterocycles. The molecular weight excluding hydrogens is 249 g/mol. The van der Waals surface area contributed by atoms with E-state index < -0.39 is 0 Å². The fourth-order valence-corrected chi connectivity index (χ4v) is 1.65. The minimum atomic E-state index is 0.654. The normalized spacial score (nSPS) is 9.09. The molecule has 0 unspecified atom stereocenters. The van der Waals surface area contributed by atoms with Gasteiger partial charge in [-0.1, -0.05) is 0 Å². The molecule has 1 aromatic carbocycles. The summed E-state index contributed by atoms with van der Waals surface area (Å²) in [4.78, 5) is 0. The Balaban J connectivity index is 3.01. The summed E-state index contributed by atoms with van der Waals surface area (Å²) in [6.07, 6.45) is 5.82. The highest BCUT2D eigenvalue weighted by atomic mass is 127. The van der Waals surface area contributed by atoms with Crippen molar-refractivity contribution in [2.24, 2.45) is 0 Å². The highest BCUT2D eigenvalue weighted by Crippen LogP contribution is 2.13. The van der Waals surface area contributed by atoms with E-state index in [-0.39, 0.29) is 0 Å². The molecule has 0 heterocycles. The van der Waals surface area contributed by atoms with Crippen LogP contribution in [0.1, 0.15) is 5.56 Å². The van der Waals surface area contributed by atoms with Gasteiger partial charge in [-0.15, -0.1) is 12.3 Å². The first-order chi connectivity index (χ1) is 5.22. The first-order valence-electron chi connectivity index (χ1n) is 3.21. The summed E-state index contributed by atoms with van der Waals surface area (Å²) < 4.78 is 1.13. The van der Waals surface area contributed by atoms with Crippen molar-refractivity contribution in [2.75, 3.05) is 5.73 Å². The average Bonchev–Trinajstić information content (AvgIpc) is 1.85. The molecule has 0 saturated heterocycles. The van der Waals surface area contributed by atoms with Gasteiger partial charge in [0.2, 0.25) is 0 Å². The third-order valence-corrected chi connectivity index (χ3v) is 1.91. The fraction of sp³-hybridized carbons (Fsp3) is 0.111. The van der Waals surface area contributed by atoms with Crippen LogP contribution in [0.2, 0.25) is 0 Å². The van der Waals surface area contributed by atoms with E-state index in [4.69, 9.17) is 12.2 Å². The molecule has 1 rings (SSSR count). The maximum absolute atomic E-state index is 5.62. The van der Waals surface area contributed by atoms with Crippen molar-refractivity contribution >= 4 is 28.3 Å². The van der Waals surface area contributed by atoms with Crippen LogP contribution in [0.3, 0.4) is 0 Å². The van der Waals surface area contributed by atoms with Gasteiger partial charge in [0.15, 0.2) is 0 Å². The molecule has 0 radical (unpaired) electrons. The Bertz CT molecular complexity index is 279. The molecule has 11 heavy (non-hydrogen) atoms. The van der Waals surface area contributed by atoms with Crippen molar-refractivity contribution in [3.63, 3.8) is 0 Å². The molecule has 0 atom stereocenters. The van der Waals surface area contributed by atoms with Crippen molar-refractivity contribution in [3.05, 3.63) is 27.3 Å². The van der Waals surface area contributed by atoms with E-state index in [9.17, 15) is 0 Å². The van der Waals surface area contributed by atoms with Gasteiger partial charge in [-0.3, -0.25) is 0 Å². The molecule has 0 aliphatic carbocycles. The van der Waals surface area contributed by atoms with Crippen LogP contribution in [0.4, 0.5) is 5.69 Å². The maximum Gasteiger partial charge on any atom is 0.0338 e. The standard InChI is InChI=1S/C9H8IN/c1-2-3-7-4-8(10)6-9(11)5-7/h1,4-6H,3,11H2. The highest BCUT2D eigenvalue weighted by Gasteiger charge is 1.94. The van der Waals surface area contributed by atoms with Crippen molar-refractivity contribution in [1.29, 1.82) is 0 Å². The summed E-state index contributed by atoms with van der Waals surface area (Å²) in [6, 6.07) is 5.86. The number of hydrogen-bond donors (Lipinski definition) is 1. The van der Waals surface area contributed by atoms with E-state index in [0.29, 0.717) is 6.42 Å². The van der Waals surface area contributed by atoms with Gasteiger partial charge in [0, 0.05) is 15.7 Å². The lowest BCUT2D eigenvalue weighted by Crippen LogP contribution is -1.89. The van der Waals surface area contributed by atoms with E-state index in [0.717, 1.165) is 14.8 Å². The van der Waals surface area contributed by atoms with E-state index in [1.54, 1.807) is 0 Å². The fourth-order valence-electron chi connectivity index (χ4n) is 0.895. The number of terminal acetylenes is 1. The summed E-state index contributed by atoms with van der Waals surface area (Å²) in [5.41, 5.74) is 7.50. The highest BCUT2D eigenvalue weighted by molar-refractivity contribution is 14.1. The molecule has 2 N–H and O–H groups in total. The molecule has 1 aromatic rings. The molecule has 0 aliphatic heterocycles. The lowest BCUT2D eigenvalue weighted by molar-refractivity contribution is 1.31. The molecule has 0 fully saturated rings. The number of hydrogen-bond acceptors (Lipinski definition) is 1. The third-order valence-electron chi connectivity index (χ3n) is 1.29. The van der Waals surface area contributed by atoms with Crippen LogP contribution in [0, 0.1) is 15.9 Å². The monoisotopic (exact) mass is 257 g/mol. The van der Waals surface area contributed by atoms with Crippen LogP contribution in [-0.4, -0.2) is 0 Å². The summed E-state index contributed by atoms with van der Waals surface area (Å²) in [5.74, 6) is 2.58. The number of nitrogen functional groups attached to an aromatic ring is 1. The topological polar surface area (TPSA) is 26.0 Å². The van der Waals surface area contributed by atoms with E-state index in [2.05, 4.69) is 28.5 Å². The van der Waals surface area contributed by atoms with E-state index >= 15 is 0 Å². The molecule has 0 aliphatic rings. The van der Waals surface area contributed by atoms with Gasteiger partial charge in [-0.25, -0.2) is 0 Å². The van der Waals surface area contributed by atoms with Crippen LogP contribution in [-0.2, 0) is 6.42 Å². The zero-order valence-electron chi connectivity index (χ0n) is 5.97. The van der Waals surface area contributed by atoms with Crippen LogP contribution in [0.5, 0.6) is 0 Å². The summed E-state index contributed by atoms with van der Waals surface area (Å²) in [5, 5.41) is 0. The van der Waals surface area contributed by atoms with Crippen LogP contribution < -0.4 is 5.73 Å². The van der Waals surface area contributed by atoms with Crippen LogP contribution in [0.15, 0.2) is 18.2 Å². The van der Waals surface area contributed by atoms with E-state index in [1.165, 1.54) is 0 Å². The first-order valence-corrected chi connectivity index (χ1v) is 4.28. The molecule has 0 amide bonds. The summed E-state index contributed by atoms with van der Waals surface area (Å²) in [7, 11) is 0. The predicted molar refractivity (Wildman–Crippen MR) is 56.1 cm³/mol. The van der Waals surface area contributed by atoms with Gasteiger partial charge in [0.05, 0.1) is 0 Å². The van der Waals surface area contributed by atoms with Crippen molar-refractivity contribution in [2.45, 2.75) is 6.42 Å². The quantitative estimate of drug-likeness (QED) is 0.465. The van der Waals surface area contributed by atoms with Gasteiger partial charge in [0.25, 0.3) is 0 Å². The van der Waals surface area contributed by atoms with Gasteiger partial charge in [-0.2, -0.15) is 0 Å². The number of anilines is 1. The minimum absolute atomic E-state index is 0.654. The Hall–Kier alpha value is -0.690. The molecule has 2 heteroatoms. The summed E-state index contributed by atoms with van der Waals surface area (Å²) >= 11 is 2.22. The Morgan fingerprint density at radius 3 is 2.73 bits per heavy atom. The lowest BCUT2D eigenvalue weighted by atomic mass is 10.1. The first kappa shape index (κ1) is 8.41. The number of halogens is 1. The average molecular weight is 257 g/mol. The van der Waals surface area contributed by atoms with Gasteiger partial charge < -0.3 is 5.73 Å². The Morgan fingerprint density at radius 2 is 2.18 bits per heavy atom. The second-order valence-corrected chi connectivity index (χ2v) is 3.52. The van der Waals surface area contributed by atoms with Crippen molar-refractivity contribution in [1.82, 2.24) is 0 Å². The summed E-state index contributed by atoms with van der Waals surface area (Å²) in [6.45, 7) is 0. The maximum atomic E-state index is 5.62. The molecule has 0 saturated carbocycles. The van der Waals surface area contributed by atoms with Gasteiger partial charge >= 0.3 is 0 Å². The Kier molecular flexibility index (Phi) is 2.77. The molecule has 56 valence electrons. The zero-order valence-corrected chi connectivity index (χ0v) is 8.13. The minimum Gasteiger partial charge on any atom is -0.399 e. The SMILES string of the molecule is C#CCc1cc(N)cc(I)c1. The van der Waals surface area contributed by atoms with Crippen LogP contribution in [0.25, 0.3) is 0 Å². The van der Waals surface area contributed by atoms with E-state index in [1.807, 2.05) is 18.2 Å². The van der Waals surface area contributed by atoms with Gasteiger partial charge in [-0.05, 0) is 46.4 Å². The molecule has 1 nitrogen and oxygen atoms in total.